The number of ether oxygens (including phenoxy) is 3. The van der Waals surface area contributed by atoms with Crippen molar-refractivity contribution >= 4 is 11.9 Å². The smallest absolute Gasteiger partial charge is 0.348 e. The molecule has 0 bridgehead atoms. The second-order valence-electron chi connectivity index (χ2n) is 4.69. The van der Waals surface area contributed by atoms with Crippen molar-refractivity contribution in [2.45, 2.75) is 32.5 Å². The fourth-order valence-electron chi connectivity index (χ4n) is 1.69. The van der Waals surface area contributed by atoms with Crippen LogP contribution in [0.1, 0.15) is 20.3 Å². The molecular formula is C16H23NO5. The lowest BCUT2D eigenvalue weighted by Crippen LogP contribution is -2.40. The Balaban J connectivity index is 2.48. The fourth-order valence-corrected chi connectivity index (χ4v) is 1.69. The molecule has 0 radical (unpaired) electrons. The van der Waals surface area contributed by atoms with Gasteiger partial charge in [-0.2, -0.15) is 0 Å². The summed E-state index contributed by atoms with van der Waals surface area (Å²) in [5, 5.41) is 2.61. The number of rotatable bonds is 9. The Kier molecular flexibility index (Phi) is 7.99. The molecule has 1 aromatic rings. The number of esters is 1. The maximum absolute atomic E-state index is 12.1. The second-order valence-corrected chi connectivity index (χ2v) is 4.69. The summed E-state index contributed by atoms with van der Waals surface area (Å²) in [4.78, 5) is 23.8. The predicted molar refractivity (Wildman–Crippen MR) is 81.6 cm³/mol. The topological polar surface area (TPSA) is 73.9 Å². The number of amides is 1. The van der Waals surface area contributed by atoms with E-state index in [1.807, 2.05) is 25.1 Å². The zero-order valence-corrected chi connectivity index (χ0v) is 13.2. The van der Waals surface area contributed by atoms with Crippen LogP contribution in [-0.4, -0.2) is 44.3 Å². The summed E-state index contributed by atoms with van der Waals surface area (Å²) in [7, 11) is 1.54. The van der Waals surface area contributed by atoms with Gasteiger partial charge in [0.05, 0.1) is 6.61 Å². The van der Waals surface area contributed by atoms with Crippen LogP contribution >= 0.6 is 0 Å². The number of carbonyl (C=O) groups is 2. The van der Waals surface area contributed by atoms with Crippen LogP contribution in [0.3, 0.4) is 0 Å². The molecule has 0 heterocycles. The fraction of sp³-hybridized carbons (Fsp3) is 0.500. The van der Waals surface area contributed by atoms with E-state index in [0.29, 0.717) is 25.3 Å². The van der Waals surface area contributed by atoms with Crippen LogP contribution in [0.15, 0.2) is 30.3 Å². The van der Waals surface area contributed by atoms with E-state index in [1.165, 1.54) is 6.92 Å². The minimum Gasteiger partial charge on any atom is -0.479 e. The first-order valence-corrected chi connectivity index (χ1v) is 7.27. The predicted octanol–water partition coefficient (Wildman–Crippen LogP) is 1.54. The molecule has 0 saturated heterocycles. The average Bonchev–Trinajstić information content (AvgIpc) is 2.53. The third-order valence-corrected chi connectivity index (χ3v) is 2.92. The van der Waals surface area contributed by atoms with Gasteiger partial charge in [-0.3, -0.25) is 4.79 Å². The lowest BCUT2D eigenvalue weighted by atomic mass is 10.2. The Labute approximate surface area is 130 Å². The van der Waals surface area contributed by atoms with Gasteiger partial charge in [0, 0.05) is 13.7 Å². The number of nitrogens with one attached hydrogen (secondary N) is 1. The molecule has 22 heavy (non-hydrogen) atoms. The van der Waals surface area contributed by atoms with Gasteiger partial charge in [0.25, 0.3) is 5.91 Å². The second kappa shape index (κ2) is 9.78. The van der Waals surface area contributed by atoms with Crippen molar-refractivity contribution in [2.75, 3.05) is 20.3 Å². The molecule has 1 aromatic carbocycles. The molecule has 0 aliphatic rings. The number of methoxy groups -OCH3 is 1. The molecule has 1 rings (SSSR count). The van der Waals surface area contributed by atoms with Gasteiger partial charge in [-0.25, -0.2) is 4.79 Å². The number of para-hydroxylation sites is 1. The van der Waals surface area contributed by atoms with Crippen LogP contribution in [0.4, 0.5) is 0 Å². The summed E-state index contributed by atoms with van der Waals surface area (Å²) in [5.41, 5.74) is 0. The largest absolute Gasteiger partial charge is 0.479 e. The van der Waals surface area contributed by atoms with E-state index >= 15 is 0 Å². The van der Waals surface area contributed by atoms with Gasteiger partial charge in [0.1, 0.15) is 5.75 Å². The Hall–Kier alpha value is -2.08. The molecule has 0 aliphatic carbocycles. The third kappa shape index (κ3) is 6.13. The molecule has 0 aliphatic heterocycles. The highest BCUT2D eigenvalue weighted by molar-refractivity contribution is 5.84. The van der Waals surface area contributed by atoms with E-state index < -0.39 is 18.2 Å². The minimum atomic E-state index is -0.877. The Bertz CT molecular complexity index is 463. The van der Waals surface area contributed by atoms with Crippen LogP contribution in [0.25, 0.3) is 0 Å². The monoisotopic (exact) mass is 309 g/mol. The molecule has 0 saturated carbocycles. The van der Waals surface area contributed by atoms with E-state index in [2.05, 4.69) is 5.32 Å². The summed E-state index contributed by atoms with van der Waals surface area (Å²) in [6.45, 7) is 4.11. The van der Waals surface area contributed by atoms with Gasteiger partial charge in [-0.05, 0) is 25.5 Å². The van der Waals surface area contributed by atoms with Gasteiger partial charge in [0.15, 0.2) is 12.2 Å². The number of hydrogen-bond acceptors (Lipinski definition) is 5. The molecular weight excluding hydrogens is 286 g/mol. The van der Waals surface area contributed by atoms with Crippen molar-refractivity contribution in [1.82, 2.24) is 5.32 Å². The Morgan fingerprint density at radius 1 is 1.23 bits per heavy atom. The van der Waals surface area contributed by atoms with Crippen LogP contribution in [0.5, 0.6) is 5.75 Å². The van der Waals surface area contributed by atoms with Crippen molar-refractivity contribution in [3.8, 4) is 5.75 Å². The lowest BCUT2D eigenvalue weighted by molar-refractivity contribution is -0.161. The zero-order valence-electron chi connectivity index (χ0n) is 13.2. The first-order chi connectivity index (χ1) is 10.6. The molecule has 2 atom stereocenters. The van der Waals surface area contributed by atoms with E-state index in [9.17, 15) is 9.59 Å². The molecule has 1 N–H and O–H groups in total. The molecule has 1 amide bonds. The van der Waals surface area contributed by atoms with Crippen molar-refractivity contribution < 1.29 is 23.8 Å². The summed E-state index contributed by atoms with van der Waals surface area (Å²) in [6, 6.07) is 9.02. The highest BCUT2D eigenvalue weighted by Crippen LogP contribution is 2.13. The number of hydrogen-bond donors (Lipinski definition) is 1. The normalized spacial score (nSPS) is 13.0. The summed E-state index contributed by atoms with van der Waals surface area (Å²) >= 11 is 0. The average molecular weight is 309 g/mol. The van der Waals surface area contributed by atoms with E-state index in [1.54, 1.807) is 19.2 Å². The van der Waals surface area contributed by atoms with Crippen molar-refractivity contribution in [2.24, 2.45) is 0 Å². The van der Waals surface area contributed by atoms with E-state index in [4.69, 9.17) is 14.2 Å². The Morgan fingerprint density at radius 3 is 2.50 bits per heavy atom. The molecule has 122 valence electrons. The molecule has 0 unspecified atom stereocenters. The van der Waals surface area contributed by atoms with Crippen LogP contribution in [0.2, 0.25) is 0 Å². The van der Waals surface area contributed by atoms with Crippen LogP contribution in [-0.2, 0) is 19.1 Å². The molecule has 6 nitrogen and oxygen atoms in total. The first kappa shape index (κ1) is 18.0. The summed E-state index contributed by atoms with van der Waals surface area (Å²) < 4.78 is 15.6. The standard InChI is InChI=1S/C16H23NO5/c1-4-14(22-13-8-6-5-7-9-13)16(19)21-12(2)15(18)17-10-11-20-3/h5-9,12,14H,4,10-11H2,1-3H3,(H,17,18)/t12-,14-/m0/s1. The molecule has 6 heteroatoms. The molecule has 0 aromatic heterocycles. The van der Waals surface area contributed by atoms with Gasteiger partial charge >= 0.3 is 5.97 Å². The molecule has 0 spiro atoms. The third-order valence-electron chi connectivity index (χ3n) is 2.92. The maximum Gasteiger partial charge on any atom is 0.348 e. The van der Waals surface area contributed by atoms with E-state index in [-0.39, 0.29) is 5.91 Å². The van der Waals surface area contributed by atoms with Crippen LogP contribution in [0, 0.1) is 0 Å². The van der Waals surface area contributed by atoms with Crippen LogP contribution < -0.4 is 10.1 Å². The van der Waals surface area contributed by atoms with Crippen molar-refractivity contribution in [1.29, 1.82) is 0 Å². The van der Waals surface area contributed by atoms with Gasteiger partial charge in [0.2, 0.25) is 0 Å². The van der Waals surface area contributed by atoms with Gasteiger partial charge in [-0.15, -0.1) is 0 Å². The minimum absolute atomic E-state index is 0.361. The van der Waals surface area contributed by atoms with Crippen molar-refractivity contribution in [3.05, 3.63) is 30.3 Å². The van der Waals surface area contributed by atoms with Gasteiger partial charge in [-0.1, -0.05) is 25.1 Å². The highest BCUT2D eigenvalue weighted by atomic mass is 16.6. The van der Waals surface area contributed by atoms with E-state index in [0.717, 1.165) is 0 Å². The SMILES string of the molecule is CC[C@H](Oc1ccccc1)C(=O)O[C@@H](C)C(=O)NCCOC. The van der Waals surface area contributed by atoms with Gasteiger partial charge < -0.3 is 19.5 Å². The Morgan fingerprint density at radius 2 is 1.91 bits per heavy atom. The lowest BCUT2D eigenvalue weighted by Gasteiger charge is -2.19. The maximum atomic E-state index is 12.1. The number of carbonyl (C=O) groups excluding carboxylic acids is 2. The molecule has 0 fully saturated rings. The quantitative estimate of drug-likeness (QED) is 0.553. The zero-order chi connectivity index (χ0) is 16.4. The highest BCUT2D eigenvalue weighted by Gasteiger charge is 2.25. The summed E-state index contributed by atoms with van der Waals surface area (Å²) in [5.74, 6) is -0.329. The first-order valence-electron chi connectivity index (χ1n) is 7.27. The number of benzene rings is 1. The van der Waals surface area contributed by atoms with Crippen molar-refractivity contribution in [3.63, 3.8) is 0 Å². The summed E-state index contributed by atoms with van der Waals surface area (Å²) in [6.07, 6.45) is -1.17.